The van der Waals surface area contributed by atoms with Crippen molar-refractivity contribution in [2.45, 2.75) is 19.0 Å². The van der Waals surface area contributed by atoms with E-state index in [0.29, 0.717) is 25.1 Å². The summed E-state index contributed by atoms with van der Waals surface area (Å²) in [4.78, 5) is 7.44. The second-order valence-corrected chi connectivity index (χ2v) is 6.85. The molecule has 5 nitrogen and oxygen atoms in total. The van der Waals surface area contributed by atoms with E-state index in [2.05, 4.69) is 20.6 Å². The number of halogens is 4. The van der Waals surface area contributed by atoms with Crippen LogP contribution in [0.3, 0.4) is 0 Å². The van der Waals surface area contributed by atoms with Crippen molar-refractivity contribution in [3.63, 3.8) is 0 Å². The Morgan fingerprint density at radius 2 is 1.71 bits per heavy atom. The summed E-state index contributed by atoms with van der Waals surface area (Å²) in [7, 11) is 0. The second-order valence-electron chi connectivity index (χ2n) is 6.44. The van der Waals surface area contributed by atoms with Gasteiger partial charge < -0.3 is 15.4 Å². The number of para-hydroxylation sites is 1. The Labute approximate surface area is 181 Å². The van der Waals surface area contributed by atoms with Crippen molar-refractivity contribution in [2.24, 2.45) is 0 Å². The summed E-state index contributed by atoms with van der Waals surface area (Å²) in [5, 5.41) is 5.51. The first-order valence-corrected chi connectivity index (χ1v) is 9.69. The van der Waals surface area contributed by atoms with Crippen LogP contribution in [0.4, 0.5) is 23.5 Å². The summed E-state index contributed by atoms with van der Waals surface area (Å²) < 4.78 is 58.0. The molecule has 0 radical (unpaired) electrons. The number of thiocarbonyl (C=S) groups is 1. The molecule has 0 bridgehead atoms. The molecule has 0 fully saturated rings. The Morgan fingerprint density at radius 3 is 2.39 bits per heavy atom. The van der Waals surface area contributed by atoms with Gasteiger partial charge in [0.15, 0.2) is 10.8 Å². The Hall–Kier alpha value is -3.27. The SMILES string of the molecule is Fc1ccc(CCCNC(=S)Nc2nc(Oc3ccccc3)cc(C(F)(F)F)n2)cc1. The van der Waals surface area contributed by atoms with Crippen molar-refractivity contribution in [2.75, 3.05) is 11.9 Å². The third-order valence-electron chi connectivity index (χ3n) is 4.03. The highest BCUT2D eigenvalue weighted by Gasteiger charge is 2.34. The third-order valence-corrected chi connectivity index (χ3v) is 4.27. The zero-order valence-electron chi connectivity index (χ0n) is 16.1. The predicted molar refractivity (Wildman–Crippen MR) is 112 cm³/mol. The fourth-order valence-electron chi connectivity index (χ4n) is 2.58. The van der Waals surface area contributed by atoms with E-state index in [-0.39, 0.29) is 22.8 Å². The van der Waals surface area contributed by atoms with Crippen LogP contribution in [0.15, 0.2) is 60.7 Å². The fraction of sp³-hybridized carbons (Fsp3) is 0.190. The molecule has 3 rings (SSSR count). The lowest BCUT2D eigenvalue weighted by atomic mass is 10.1. The van der Waals surface area contributed by atoms with Gasteiger partial charge in [0.05, 0.1) is 0 Å². The number of nitrogens with zero attached hydrogens (tertiary/aromatic N) is 2. The summed E-state index contributed by atoms with van der Waals surface area (Å²) in [5.41, 5.74) is -0.193. The lowest BCUT2D eigenvalue weighted by Crippen LogP contribution is -2.30. The molecule has 162 valence electrons. The second kappa shape index (κ2) is 10.2. The van der Waals surface area contributed by atoms with Gasteiger partial charge in [0, 0.05) is 12.6 Å². The molecule has 10 heteroatoms. The number of benzene rings is 2. The van der Waals surface area contributed by atoms with Crippen LogP contribution in [-0.4, -0.2) is 21.6 Å². The van der Waals surface area contributed by atoms with Crippen molar-refractivity contribution in [3.8, 4) is 11.6 Å². The van der Waals surface area contributed by atoms with Crippen molar-refractivity contribution in [3.05, 3.63) is 77.7 Å². The van der Waals surface area contributed by atoms with Gasteiger partial charge in [-0.2, -0.15) is 18.2 Å². The van der Waals surface area contributed by atoms with Crippen LogP contribution in [0, 0.1) is 5.82 Å². The molecular formula is C21H18F4N4OS. The number of alkyl halides is 3. The van der Waals surface area contributed by atoms with Gasteiger partial charge in [0.1, 0.15) is 11.6 Å². The van der Waals surface area contributed by atoms with Crippen LogP contribution in [0.2, 0.25) is 0 Å². The van der Waals surface area contributed by atoms with Crippen LogP contribution in [0.1, 0.15) is 17.7 Å². The number of hydrogen-bond donors (Lipinski definition) is 2. The number of nitrogens with one attached hydrogen (secondary N) is 2. The van der Waals surface area contributed by atoms with Crippen molar-refractivity contribution < 1.29 is 22.3 Å². The molecular weight excluding hydrogens is 432 g/mol. The van der Waals surface area contributed by atoms with Gasteiger partial charge >= 0.3 is 6.18 Å². The van der Waals surface area contributed by atoms with E-state index in [1.807, 2.05) is 0 Å². The van der Waals surface area contributed by atoms with Gasteiger partial charge in [0.25, 0.3) is 0 Å². The molecule has 0 aliphatic rings. The lowest BCUT2D eigenvalue weighted by Gasteiger charge is -2.13. The minimum absolute atomic E-state index is 0.0732. The van der Waals surface area contributed by atoms with Crippen LogP contribution >= 0.6 is 12.2 Å². The van der Waals surface area contributed by atoms with Gasteiger partial charge in [-0.05, 0) is 54.9 Å². The maximum Gasteiger partial charge on any atom is 0.433 e. The minimum atomic E-state index is -4.68. The highest BCUT2D eigenvalue weighted by atomic mass is 32.1. The van der Waals surface area contributed by atoms with Gasteiger partial charge in [-0.25, -0.2) is 9.37 Å². The summed E-state index contributed by atoms with van der Waals surface area (Å²) in [6.07, 6.45) is -3.32. The molecule has 1 heterocycles. The summed E-state index contributed by atoms with van der Waals surface area (Å²) in [5.74, 6) is -0.572. The average Bonchev–Trinajstić information content (AvgIpc) is 2.72. The lowest BCUT2D eigenvalue weighted by molar-refractivity contribution is -0.141. The first kappa shape index (κ1) is 22.4. The summed E-state index contributed by atoms with van der Waals surface area (Å²) >= 11 is 5.12. The maximum absolute atomic E-state index is 13.2. The maximum atomic E-state index is 13.2. The highest BCUT2D eigenvalue weighted by molar-refractivity contribution is 7.80. The zero-order valence-corrected chi connectivity index (χ0v) is 16.9. The molecule has 2 N–H and O–H groups in total. The number of aryl methyl sites for hydroxylation is 1. The minimum Gasteiger partial charge on any atom is -0.439 e. The quantitative estimate of drug-likeness (QED) is 0.288. The molecule has 0 atom stereocenters. The number of aromatic nitrogens is 2. The predicted octanol–water partition coefficient (Wildman–Crippen LogP) is 5.35. The molecule has 0 aliphatic heterocycles. The molecule has 0 saturated carbocycles. The Morgan fingerprint density at radius 1 is 1.00 bits per heavy atom. The van der Waals surface area contributed by atoms with Crippen LogP contribution in [0.25, 0.3) is 0 Å². The fourth-order valence-corrected chi connectivity index (χ4v) is 2.77. The largest absolute Gasteiger partial charge is 0.439 e. The van der Waals surface area contributed by atoms with Gasteiger partial charge in [0.2, 0.25) is 11.8 Å². The van der Waals surface area contributed by atoms with Crippen LogP contribution in [-0.2, 0) is 12.6 Å². The molecule has 1 aromatic heterocycles. The van der Waals surface area contributed by atoms with E-state index in [0.717, 1.165) is 11.6 Å². The monoisotopic (exact) mass is 450 g/mol. The first-order chi connectivity index (χ1) is 14.8. The molecule has 2 aromatic carbocycles. The van der Waals surface area contributed by atoms with Gasteiger partial charge in [-0.1, -0.05) is 30.3 Å². The van der Waals surface area contributed by atoms with Gasteiger partial charge in [-0.3, -0.25) is 0 Å². The molecule has 3 aromatic rings. The van der Waals surface area contributed by atoms with Crippen molar-refractivity contribution in [1.29, 1.82) is 0 Å². The Balaban J connectivity index is 1.60. The smallest absolute Gasteiger partial charge is 0.433 e. The number of rotatable bonds is 7. The zero-order chi connectivity index (χ0) is 22.3. The van der Waals surface area contributed by atoms with E-state index < -0.39 is 11.9 Å². The standard InChI is InChI=1S/C21H18F4N4OS/c22-15-10-8-14(9-11-15)5-4-12-26-20(31)29-19-27-17(21(23,24)25)13-18(28-19)30-16-6-2-1-3-7-16/h1-3,6-11,13H,4-5,12H2,(H2,26,27,28,29,31). The number of ether oxygens (including phenoxy) is 1. The molecule has 31 heavy (non-hydrogen) atoms. The molecule has 0 saturated heterocycles. The van der Waals surface area contributed by atoms with Crippen molar-refractivity contribution in [1.82, 2.24) is 15.3 Å². The summed E-state index contributed by atoms with van der Waals surface area (Å²) in [6, 6.07) is 15.2. The molecule has 0 spiro atoms. The van der Waals surface area contributed by atoms with E-state index in [4.69, 9.17) is 17.0 Å². The van der Waals surface area contributed by atoms with E-state index in [9.17, 15) is 17.6 Å². The first-order valence-electron chi connectivity index (χ1n) is 9.28. The number of anilines is 1. The topological polar surface area (TPSA) is 59.1 Å². The van der Waals surface area contributed by atoms with E-state index in [1.54, 1.807) is 42.5 Å². The molecule has 0 amide bonds. The van der Waals surface area contributed by atoms with E-state index in [1.165, 1.54) is 12.1 Å². The average molecular weight is 450 g/mol. The van der Waals surface area contributed by atoms with Crippen LogP contribution in [0.5, 0.6) is 11.6 Å². The summed E-state index contributed by atoms with van der Waals surface area (Å²) in [6.45, 7) is 0.454. The third kappa shape index (κ3) is 7.18. The highest BCUT2D eigenvalue weighted by Crippen LogP contribution is 2.31. The van der Waals surface area contributed by atoms with Crippen molar-refractivity contribution >= 4 is 23.3 Å². The number of hydrogen-bond acceptors (Lipinski definition) is 4. The van der Waals surface area contributed by atoms with Crippen LogP contribution < -0.4 is 15.4 Å². The molecule has 0 aliphatic carbocycles. The Bertz CT molecular complexity index is 1010. The molecule has 0 unspecified atom stereocenters. The normalized spacial score (nSPS) is 11.1. The van der Waals surface area contributed by atoms with Gasteiger partial charge in [-0.15, -0.1) is 0 Å². The Kier molecular flexibility index (Phi) is 7.35. The van der Waals surface area contributed by atoms with E-state index >= 15 is 0 Å².